The maximum absolute atomic E-state index is 12.7. The van der Waals surface area contributed by atoms with Gasteiger partial charge in [0.25, 0.3) is 11.8 Å². The summed E-state index contributed by atoms with van der Waals surface area (Å²) in [4.78, 5) is 29.2. The predicted octanol–water partition coefficient (Wildman–Crippen LogP) is 4.82. The first-order valence-electron chi connectivity index (χ1n) is 10.2. The molecule has 5 heteroatoms. The molecule has 152 valence electrons. The van der Waals surface area contributed by atoms with Crippen LogP contribution >= 0.6 is 0 Å². The van der Waals surface area contributed by atoms with Gasteiger partial charge in [0.15, 0.2) is 0 Å². The fraction of sp³-hybridized carbons (Fsp3) is 0.200. The highest BCUT2D eigenvalue weighted by Crippen LogP contribution is 2.22. The fourth-order valence-electron chi connectivity index (χ4n) is 3.66. The summed E-state index contributed by atoms with van der Waals surface area (Å²) >= 11 is 0. The van der Waals surface area contributed by atoms with Gasteiger partial charge in [0, 0.05) is 48.3 Å². The first-order chi connectivity index (χ1) is 14.6. The Morgan fingerprint density at radius 3 is 2.03 bits per heavy atom. The third-order valence-electron chi connectivity index (χ3n) is 5.44. The first kappa shape index (κ1) is 19.7. The van der Waals surface area contributed by atoms with Crippen LogP contribution < -0.4 is 15.1 Å². The van der Waals surface area contributed by atoms with Crippen molar-refractivity contribution in [1.82, 2.24) is 0 Å². The van der Waals surface area contributed by atoms with Crippen LogP contribution in [0.25, 0.3) is 0 Å². The molecule has 30 heavy (non-hydrogen) atoms. The molecule has 0 spiro atoms. The lowest BCUT2D eigenvalue weighted by molar-refractivity contribution is 0.0989. The van der Waals surface area contributed by atoms with Crippen molar-refractivity contribution in [3.63, 3.8) is 0 Å². The lowest BCUT2D eigenvalue weighted by atomic mass is 10.1. The number of hydrogen-bond donors (Lipinski definition) is 1. The summed E-state index contributed by atoms with van der Waals surface area (Å²) in [6, 6.07) is 24.1. The van der Waals surface area contributed by atoms with Crippen molar-refractivity contribution >= 4 is 28.9 Å². The normalized spacial score (nSPS) is 13.2. The lowest BCUT2D eigenvalue weighted by Crippen LogP contribution is -2.26. The minimum Gasteiger partial charge on any atom is -0.372 e. The molecule has 0 aromatic heterocycles. The molecule has 3 aromatic carbocycles. The standard InChI is InChI=1S/C25H25N3O2/c1-27(22-7-3-2-4-8-22)25(30)20-11-9-19(10-12-20)24(29)26-21-13-15-23(16-14-21)28-17-5-6-18-28/h2-4,7-16H,5-6,17-18H2,1H3,(H,26,29). The molecule has 0 atom stereocenters. The third-order valence-corrected chi connectivity index (χ3v) is 5.44. The topological polar surface area (TPSA) is 52.7 Å². The molecule has 4 rings (SSSR count). The van der Waals surface area contributed by atoms with Crippen LogP contribution in [0, 0.1) is 0 Å². The third kappa shape index (κ3) is 4.35. The zero-order valence-electron chi connectivity index (χ0n) is 17.0. The van der Waals surface area contributed by atoms with Gasteiger partial charge in [0.2, 0.25) is 0 Å². The number of para-hydroxylation sites is 1. The van der Waals surface area contributed by atoms with E-state index in [9.17, 15) is 9.59 Å². The monoisotopic (exact) mass is 399 g/mol. The van der Waals surface area contributed by atoms with E-state index in [0.717, 1.165) is 24.5 Å². The number of amides is 2. The molecule has 1 N–H and O–H groups in total. The average molecular weight is 399 g/mol. The van der Waals surface area contributed by atoms with Crippen LogP contribution in [-0.4, -0.2) is 32.0 Å². The summed E-state index contributed by atoms with van der Waals surface area (Å²) in [5.41, 5.74) is 3.81. The number of carbonyl (C=O) groups excluding carboxylic acids is 2. The van der Waals surface area contributed by atoms with Gasteiger partial charge in [0.05, 0.1) is 0 Å². The molecule has 1 heterocycles. The van der Waals surface area contributed by atoms with E-state index in [1.807, 2.05) is 54.6 Å². The second kappa shape index (κ2) is 8.82. The number of nitrogens with zero attached hydrogens (tertiary/aromatic N) is 2. The van der Waals surface area contributed by atoms with Gasteiger partial charge in [-0.3, -0.25) is 9.59 Å². The van der Waals surface area contributed by atoms with Gasteiger partial charge in [-0.25, -0.2) is 0 Å². The predicted molar refractivity (Wildman–Crippen MR) is 121 cm³/mol. The van der Waals surface area contributed by atoms with Crippen LogP contribution in [0.4, 0.5) is 17.1 Å². The van der Waals surface area contributed by atoms with E-state index in [1.54, 1.807) is 36.2 Å². The molecule has 0 unspecified atom stereocenters. The highest BCUT2D eigenvalue weighted by atomic mass is 16.2. The van der Waals surface area contributed by atoms with E-state index in [0.29, 0.717) is 11.1 Å². The van der Waals surface area contributed by atoms with Gasteiger partial charge in [0.1, 0.15) is 0 Å². The highest BCUT2D eigenvalue weighted by Gasteiger charge is 2.15. The van der Waals surface area contributed by atoms with E-state index < -0.39 is 0 Å². The molecule has 0 radical (unpaired) electrons. The van der Waals surface area contributed by atoms with Crippen LogP contribution in [0.5, 0.6) is 0 Å². The molecule has 1 aliphatic rings. The summed E-state index contributed by atoms with van der Waals surface area (Å²) < 4.78 is 0. The van der Waals surface area contributed by atoms with Crippen molar-refractivity contribution in [3.8, 4) is 0 Å². The maximum Gasteiger partial charge on any atom is 0.258 e. The van der Waals surface area contributed by atoms with E-state index in [4.69, 9.17) is 0 Å². The molecule has 1 aliphatic heterocycles. The van der Waals surface area contributed by atoms with Gasteiger partial charge in [-0.1, -0.05) is 18.2 Å². The van der Waals surface area contributed by atoms with Crippen molar-refractivity contribution in [2.24, 2.45) is 0 Å². The Kier molecular flexibility index (Phi) is 5.80. The Hall–Kier alpha value is -3.60. The molecule has 1 fully saturated rings. The molecule has 0 aliphatic carbocycles. The molecule has 2 amide bonds. The number of anilines is 3. The smallest absolute Gasteiger partial charge is 0.258 e. The van der Waals surface area contributed by atoms with Crippen LogP contribution in [0.15, 0.2) is 78.9 Å². The largest absolute Gasteiger partial charge is 0.372 e. The van der Waals surface area contributed by atoms with Gasteiger partial charge in [-0.05, 0) is 73.5 Å². The Labute approximate surface area is 176 Å². The molecule has 0 saturated carbocycles. The van der Waals surface area contributed by atoms with Gasteiger partial charge >= 0.3 is 0 Å². The van der Waals surface area contributed by atoms with E-state index >= 15 is 0 Å². The molecule has 5 nitrogen and oxygen atoms in total. The zero-order valence-corrected chi connectivity index (χ0v) is 17.0. The van der Waals surface area contributed by atoms with Crippen molar-refractivity contribution < 1.29 is 9.59 Å². The highest BCUT2D eigenvalue weighted by molar-refractivity contribution is 6.08. The minimum absolute atomic E-state index is 0.120. The lowest BCUT2D eigenvalue weighted by Gasteiger charge is -2.18. The molecule has 3 aromatic rings. The van der Waals surface area contributed by atoms with Crippen LogP contribution in [0.1, 0.15) is 33.6 Å². The number of carbonyl (C=O) groups is 2. The van der Waals surface area contributed by atoms with E-state index in [2.05, 4.69) is 10.2 Å². The van der Waals surface area contributed by atoms with E-state index in [1.165, 1.54) is 18.5 Å². The first-order valence-corrected chi connectivity index (χ1v) is 10.2. The van der Waals surface area contributed by atoms with Crippen LogP contribution in [0.3, 0.4) is 0 Å². The zero-order chi connectivity index (χ0) is 20.9. The molecular formula is C25H25N3O2. The van der Waals surface area contributed by atoms with Crippen LogP contribution in [-0.2, 0) is 0 Å². The molecule has 0 bridgehead atoms. The molecular weight excluding hydrogens is 374 g/mol. The Balaban J connectivity index is 1.39. The summed E-state index contributed by atoms with van der Waals surface area (Å²) in [6.45, 7) is 2.19. The van der Waals surface area contributed by atoms with Crippen molar-refractivity contribution in [3.05, 3.63) is 90.0 Å². The van der Waals surface area contributed by atoms with Gasteiger partial charge in [-0.2, -0.15) is 0 Å². The minimum atomic E-state index is -0.195. The second-order valence-corrected chi connectivity index (χ2v) is 7.47. The number of hydrogen-bond acceptors (Lipinski definition) is 3. The van der Waals surface area contributed by atoms with Crippen LogP contribution in [0.2, 0.25) is 0 Å². The Morgan fingerprint density at radius 1 is 0.800 bits per heavy atom. The van der Waals surface area contributed by atoms with E-state index in [-0.39, 0.29) is 11.8 Å². The SMILES string of the molecule is CN(C(=O)c1ccc(C(=O)Nc2ccc(N3CCCC3)cc2)cc1)c1ccccc1. The Bertz CT molecular complexity index is 1010. The fourth-order valence-corrected chi connectivity index (χ4v) is 3.66. The second-order valence-electron chi connectivity index (χ2n) is 7.47. The van der Waals surface area contributed by atoms with Crippen molar-refractivity contribution in [1.29, 1.82) is 0 Å². The summed E-state index contributed by atoms with van der Waals surface area (Å²) in [5.74, 6) is -0.315. The van der Waals surface area contributed by atoms with Crippen molar-refractivity contribution in [2.75, 3.05) is 35.3 Å². The maximum atomic E-state index is 12.7. The Morgan fingerprint density at radius 2 is 1.40 bits per heavy atom. The number of benzene rings is 3. The van der Waals surface area contributed by atoms with Gasteiger partial charge < -0.3 is 15.1 Å². The molecule has 1 saturated heterocycles. The summed E-state index contributed by atoms with van der Waals surface area (Å²) in [7, 11) is 1.74. The average Bonchev–Trinajstić information content (AvgIpc) is 3.34. The quantitative estimate of drug-likeness (QED) is 0.669. The number of nitrogens with one attached hydrogen (secondary N) is 1. The van der Waals surface area contributed by atoms with Crippen molar-refractivity contribution in [2.45, 2.75) is 12.8 Å². The summed E-state index contributed by atoms with van der Waals surface area (Å²) in [6.07, 6.45) is 2.47. The number of rotatable bonds is 5. The van der Waals surface area contributed by atoms with Gasteiger partial charge in [-0.15, -0.1) is 0 Å². The summed E-state index contributed by atoms with van der Waals surface area (Å²) in [5, 5.41) is 2.92.